The van der Waals surface area contributed by atoms with Crippen molar-refractivity contribution >= 4 is 40.2 Å². The topological polar surface area (TPSA) is 82.0 Å². The van der Waals surface area contributed by atoms with Crippen molar-refractivity contribution in [2.75, 3.05) is 32.6 Å². The Labute approximate surface area is 226 Å². The van der Waals surface area contributed by atoms with Gasteiger partial charge in [-0.1, -0.05) is 29.8 Å². The van der Waals surface area contributed by atoms with E-state index < -0.39 is 12.0 Å². The Kier molecular flexibility index (Phi) is 8.43. The first-order valence-electron chi connectivity index (χ1n) is 12.3. The summed E-state index contributed by atoms with van der Waals surface area (Å²) < 4.78 is 18.4. The van der Waals surface area contributed by atoms with E-state index in [0.717, 1.165) is 16.5 Å². The van der Waals surface area contributed by atoms with E-state index in [4.69, 9.17) is 25.8 Å². The van der Waals surface area contributed by atoms with Crippen LogP contribution in [-0.4, -0.2) is 48.8 Å². The molecule has 0 spiro atoms. The number of nitrogens with one attached hydrogen (secondary N) is 1. The first-order chi connectivity index (χ1) is 18.4. The molecule has 4 rings (SSSR count). The zero-order chi connectivity index (χ0) is 27.2. The molecule has 2 amide bonds. The zero-order valence-electron chi connectivity index (χ0n) is 21.8. The number of rotatable bonds is 9. The number of benzene rings is 3. The largest absolute Gasteiger partial charge is 0.493 e. The zero-order valence-corrected chi connectivity index (χ0v) is 22.5. The van der Waals surface area contributed by atoms with E-state index in [1.165, 1.54) is 14.2 Å². The van der Waals surface area contributed by atoms with Crippen LogP contribution in [0, 0.1) is 0 Å². The predicted octanol–water partition coefficient (Wildman–Crippen LogP) is 6.45. The van der Waals surface area contributed by atoms with Crippen molar-refractivity contribution in [1.82, 2.24) is 9.47 Å². The van der Waals surface area contributed by atoms with Gasteiger partial charge in [-0.15, -0.1) is 0 Å². The van der Waals surface area contributed by atoms with Gasteiger partial charge in [-0.05, 0) is 61.9 Å². The van der Waals surface area contributed by atoms with E-state index in [9.17, 15) is 9.59 Å². The molecule has 198 valence electrons. The molecule has 38 heavy (non-hydrogen) atoms. The number of anilines is 1. The molecule has 0 radical (unpaired) electrons. The molecule has 0 bridgehead atoms. The smallest absolute Gasteiger partial charge is 0.415 e. The number of carbonyl (C=O) groups is 2. The van der Waals surface area contributed by atoms with Crippen LogP contribution in [-0.2, 0) is 6.54 Å². The number of carbonyl (C=O) groups excluding carboxylic acids is 2. The lowest BCUT2D eigenvalue weighted by Crippen LogP contribution is -2.33. The fraction of sp³-hybridized carbons (Fsp3) is 0.241. The highest BCUT2D eigenvalue weighted by atomic mass is 35.5. The summed E-state index contributed by atoms with van der Waals surface area (Å²) in [6.07, 6.45) is 1.42. The number of ether oxygens (including phenoxy) is 3. The van der Waals surface area contributed by atoms with Crippen molar-refractivity contribution < 1.29 is 23.8 Å². The first kappa shape index (κ1) is 26.9. The van der Waals surface area contributed by atoms with Gasteiger partial charge in [0.05, 0.1) is 25.4 Å². The summed E-state index contributed by atoms with van der Waals surface area (Å²) in [5, 5.41) is 4.34. The first-order valence-corrected chi connectivity index (χ1v) is 12.6. The van der Waals surface area contributed by atoms with Crippen LogP contribution in [0.1, 0.15) is 29.8 Å². The van der Waals surface area contributed by atoms with Gasteiger partial charge in [0.1, 0.15) is 0 Å². The van der Waals surface area contributed by atoms with Crippen molar-refractivity contribution in [3.8, 4) is 17.2 Å². The lowest BCUT2D eigenvalue weighted by molar-refractivity contribution is 0.102. The van der Waals surface area contributed by atoms with Gasteiger partial charge < -0.3 is 29.0 Å². The summed E-state index contributed by atoms with van der Waals surface area (Å²) in [5.74, 6) is 0.797. The second kappa shape index (κ2) is 11.9. The molecule has 1 aromatic heterocycles. The minimum Gasteiger partial charge on any atom is -0.493 e. The minimum absolute atomic E-state index is 0.249. The molecule has 0 aliphatic rings. The highest BCUT2D eigenvalue weighted by Gasteiger charge is 2.21. The molecule has 4 aromatic rings. The van der Waals surface area contributed by atoms with Gasteiger partial charge >= 0.3 is 6.09 Å². The Bertz CT molecular complexity index is 1460. The molecule has 1 N–H and O–H groups in total. The molecule has 0 fully saturated rings. The number of hydrogen-bond donors (Lipinski definition) is 1. The van der Waals surface area contributed by atoms with Gasteiger partial charge in [0, 0.05) is 41.8 Å². The molecule has 0 saturated heterocycles. The summed E-state index contributed by atoms with van der Waals surface area (Å²) >= 11 is 6.39. The Morgan fingerprint density at radius 1 is 0.921 bits per heavy atom. The number of hydrogen-bond acceptors (Lipinski definition) is 5. The third-order valence-electron chi connectivity index (χ3n) is 6.32. The van der Waals surface area contributed by atoms with E-state index >= 15 is 0 Å². The third kappa shape index (κ3) is 5.55. The molecule has 0 saturated carbocycles. The number of amides is 2. The molecule has 0 unspecified atom stereocenters. The average molecular weight is 536 g/mol. The number of methoxy groups -OCH3 is 2. The maximum atomic E-state index is 13.4. The lowest BCUT2D eigenvalue weighted by atomic mass is 10.1. The quantitative estimate of drug-likeness (QED) is 0.266. The summed E-state index contributed by atoms with van der Waals surface area (Å²) in [4.78, 5) is 27.7. The van der Waals surface area contributed by atoms with Crippen LogP contribution in [0.15, 0.2) is 66.9 Å². The minimum atomic E-state index is -0.494. The van der Waals surface area contributed by atoms with E-state index in [0.29, 0.717) is 47.4 Å². The van der Waals surface area contributed by atoms with Crippen molar-refractivity contribution in [1.29, 1.82) is 0 Å². The van der Waals surface area contributed by atoms with E-state index in [1.807, 2.05) is 61.0 Å². The number of aromatic nitrogens is 1. The molecule has 8 nitrogen and oxygen atoms in total. The van der Waals surface area contributed by atoms with E-state index in [-0.39, 0.29) is 5.75 Å². The SMILES string of the molecule is CCN(CC)C(=O)Oc1ccc2c(ccn2Cc2ccccc2Cl)c1NC(=O)c1ccc(OC)c(OC)c1. The van der Waals surface area contributed by atoms with Gasteiger partial charge in [0.2, 0.25) is 0 Å². The number of nitrogens with zero attached hydrogens (tertiary/aromatic N) is 2. The van der Waals surface area contributed by atoms with Crippen LogP contribution < -0.4 is 19.5 Å². The summed E-state index contributed by atoms with van der Waals surface area (Å²) in [6, 6.07) is 18.0. The maximum Gasteiger partial charge on any atom is 0.415 e. The van der Waals surface area contributed by atoms with E-state index in [2.05, 4.69) is 5.32 Å². The van der Waals surface area contributed by atoms with Gasteiger partial charge in [-0.3, -0.25) is 4.79 Å². The highest BCUT2D eigenvalue weighted by molar-refractivity contribution is 6.31. The number of halogens is 1. The number of fused-ring (bicyclic) bond motifs is 1. The van der Waals surface area contributed by atoms with Crippen LogP contribution >= 0.6 is 11.6 Å². The van der Waals surface area contributed by atoms with Crippen LogP contribution in [0.25, 0.3) is 10.9 Å². The monoisotopic (exact) mass is 535 g/mol. The molecular weight excluding hydrogens is 506 g/mol. The molecular formula is C29H30ClN3O5. The Balaban J connectivity index is 1.75. The molecule has 0 aliphatic heterocycles. The fourth-order valence-corrected chi connectivity index (χ4v) is 4.41. The van der Waals surface area contributed by atoms with Crippen molar-refractivity contribution in [2.24, 2.45) is 0 Å². The van der Waals surface area contributed by atoms with Gasteiger partial charge in [0.15, 0.2) is 17.2 Å². The highest BCUT2D eigenvalue weighted by Crippen LogP contribution is 2.36. The molecule has 0 aliphatic carbocycles. The third-order valence-corrected chi connectivity index (χ3v) is 6.69. The standard InChI is InChI=1S/C29H30ClN3O5/c1-5-32(6-2)29(35)38-25-14-12-23-21(15-16-33(23)18-20-9-7-8-10-22(20)30)27(25)31-28(34)19-11-13-24(36-3)26(17-19)37-4/h7-17H,5-6,18H2,1-4H3,(H,31,34). The Morgan fingerprint density at radius 3 is 2.32 bits per heavy atom. The molecule has 3 aromatic carbocycles. The maximum absolute atomic E-state index is 13.4. The summed E-state index contributed by atoms with van der Waals surface area (Å²) in [5.41, 5.74) is 2.55. The Morgan fingerprint density at radius 2 is 1.63 bits per heavy atom. The second-order valence-electron chi connectivity index (χ2n) is 8.47. The summed E-state index contributed by atoms with van der Waals surface area (Å²) in [7, 11) is 3.04. The molecule has 1 heterocycles. The summed E-state index contributed by atoms with van der Waals surface area (Å²) in [6.45, 7) is 5.29. The van der Waals surface area contributed by atoms with Crippen molar-refractivity contribution in [2.45, 2.75) is 20.4 Å². The van der Waals surface area contributed by atoms with Crippen molar-refractivity contribution in [3.05, 3.63) is 83.0 Å². The van der Waals surface area contributed by atoms with E-state index in [1.54, 1.807) is 29.2 Å². The van der Waals surface area contributed by atoms with Crippen LogP contribution in [0.5, 0.6) is 17.2 Å². The van der Waals surface area contributed by atoms with Crippen LogP contribution in [0.2, 0.25) is 5.02 Å². The van der Waals surface area contributed by atoms with Crippen molar-refractivity contribution in [3.63, 3.8) is 0 Å². The predicted molar refractivity (Wildman–Crippen MR) is 149 cm³/mol. The van der Waals surface area contributed by atoms with Gasteiger partial charge in [0.25, 0.3) is 5.91 Å². The fourth-order valence-electron chi connectivity index (χ4n) is 4.22. The second-order valence-corrected chi connectivity index (χ2v) is 8.88. The van der Waals surface area contributed by atoms with Crippen LogP contribution in [0.3, 0.4) is 0 Å². The lowest BCUT2D eigenvalue weighted by Gasteiger charge is -2.20. The van der Waals surface area contributed by atoms with Gasteiger partial charge in [-0.25, -0.2) is 4.79 Å². The average Bonchev–Trinajstić information content (AvgIpc) is 3.34. The molecule has 0 atom stereocenters. The normalized spacial score (nSPS) is 10.8. The van der Waals surface area contributed by atoms with Crippen LogP contribution in [0.4, 0.5) is 10.5 Å². The van der Waals surface area contributed by atoms with Gasteiger partial charge in [-0.2, -0.15) is 0 Å². The Hall–Kier alpha value is -4.17. The molecule has 9 heteroatoms.